The molecule has 1 aromatic rings. The Hall–Kier alpha value is -1.04. The van der Waals surface area contributed by atoms with Crippen molar-refractivity contribution >= 4 is 11.6 Å². The molecular formula is C13H15ClFN. The van der Waals surface area contributed by atoms with E-state index in [4.69, 9.17) is 18.0 Å². The summed E-state index contributed by atoms with van der Waals surface area (Å²) in [7, 11) is 1.79. The number of terminal acetylenes is 1. The molecule has 0 aliphatic heterocycles. The second-order valence-electron chi connectivity index (χ2n) is 3.57. The van der Waals surface area contributed by atoms with Crippen LogP contribution >= 0.6 is 11.6 Å². The van der Waals surface area contributed by atoms with Gasteiger partial charge in [0.25, 0.3) is 0 Å². The van der Waals surface area contributed by atoms with E-state index in [9.17, 15) is 4.39 Å². The van der Waals surface area contributed by atoms with Gasteiger partial charge in [-0.25, -0.2) is 4.39 Å². The summed E-state index contributed by atoms with van der Waals surface area (Å²) >= 11 is 6.00. The number of unbranched alkanes of at least 4 members (excludes halogenated alkanes) is 1. The fourth-order valence-corrected chi connectivity index (χ4v) is 1.98. The monoisotopic (exact) mass is 239 g/mol. The van der Waals surface area contributed by atoms with Crippen LogP contribution in [0.25, 0.3) is 0 Å². The van der Waals surface area contributed by atoms with Gasteiger partial charge in [-0.2, -0.15) is 0 Å². The summed E-state index contributed by atoms with van der Waals surface area (Å²) in [5.41, 5.74) is 0.531. The molecule has 3 heteroatoms. The van der Waals surface area contributed by atoms with Gasteiger partial charge in [0.15, 0.2) is 0 Å². The first-order valence-electron chi connectivity index (χ1n) is 5.25. The number of halogens is 2. The lowest BCUT2D eigenvalue weighted by molar-refractivity contribution is 0.498. The molecule has 0 fully saturated rings. The molecule has 1 nitrogen and oxygen atoms in total. The molecule has 1 N–H and O–H groups in total. The van der Waals surface area contributed by atoms with E-state index in [1.807, 2.05) is 0 Å². The summed E-state index contributed by atoms with van der Waals surface area (Å²) in [5.74, 6) is 2.30. The minimum atomic E-state index is -0.271. The first-order valence-corrected chi connectivity index (χ1v) is 5.63. The highest BCUT2D eigenvalue weighted by molar-refractivity contribution is 6.31. The van der Waals surface area contributed by atoms with Crippen LogP contribution in [-0.4, -0.2) is 7.05 Å². The Morgan fingerprint density at radius 1 is 1.56 bits per heavy atom. The van der Waals surface area contributed by atoms with Gasteiger partial charge in [-0.3, -0.25) is 0 Å². The first-order chi connectivity index (χ1) is 7.70. The van der Waals surface area contributed by atoms with Gasteiger partial charge < -0.3 is 5.32 Å². The van der Waals surface area contributed by atoms with Crippen molar-refractivity contribution < 1.29 is 4.39 Å². The third kappa shape index (κ3) is 3.23. The number of hydrogen-bond donors (Lipinski definition) is 1. The fraction of sp³-hybridized carbons (Fsp3) is 0.385. The Bertz CT molecular complexity index is 364. The maximum Gasteiger partial charge on any atom is 0.129 e. The van der Waals surface area contributed by atoms with Crippen LogP contribution in [0.5, 0.6) is 0 Å². The van der Waals surface area contributed by atoms with Gasteiger partial charge >= 0.3 is 0 Å². The van der Waals surface area contributed by atoms with E-state index in [2.05, 4.69) is 11.2 Å². The van der Waals surface area contributed by atoms with Crippen LogP contribution in [0.4, 0.5) is 4.39 Å². The van der Waals surface area contributed by atoms with E-state index in [1.165, 1.54) is 6.07 Å². The first kappa shape index (κ1) is 13.0. The highest BCUT2D eigenvalue weighted by atomic mass is 35.5. The van der Waals surface area contributed by atoms with E-state index in [1.54, 1.807) is 19.2 Å². The van der Waals surface area contributed by atoms with Gasteiger partial charge in [-0.15, -0.1) is 12.3 Å². The van der Waals surface area contributed by atoms with Crippen LogP contribution in [0.2, 0.25) is 5.02 Å². The summed E-state index contributed by atoms with van der Waals surface area (Å²) < 4.78 is 13.6. The Labute approximate surface area is 101 Å². The predicted octanol–water partition coefficient (Wildman–Crippen LogP) is 3.54. The molecular weight excluding hydrogens is 225 g/mol. The SMILES string of the molecule is C#CCCCC(NC)c1c(F)cccc1Cl. The lowest BCUT2D eigenvalue weighted by atomic mass is 10.0. The molecule has 0 amide bonds. The van der Waals surface area contributed by atoms with Gasteiger partial charge in [-0.1, -0.05) is 17.7 Å². The normalized spacial score (nSPS) is 12.1. The molecule has 0 aliphatic rings. The summed E-state index contributed by atoms with van der Waals surface area (Å²) in [6, 6.07) is 4.65. The molecule has 0 saturated heterocycles. The average molecular weight is 240 g/mol. The number of benzene rings is 1. The number of hydrogen-bond acceptors (Lipinski definition) is 1. The molecule has 0 radical (unpaired) electrons. The van der Waals surface area contributed by atoms with E-state index in [0.717, 1.165) is 12.8 Å². The zero-order chi connectivity index (χ0) is 12.0. The van der Waals surface area contributed by atoms with Gasteiger partial charge in [0.05, 0.1) is 0 Å². The van der Waals surface area contributed by atoms with Crippen molar-refractivity contribution in [3.63, 3.8) is 0 Å². The van der Waals surface area contributed by atoms with Crippen LogP contribution < -0.4 is 5.32 Å². The van der Waals surface area contributed by atoms with Crippen molar-refractivity contribution in [2.75, 3.05) is 7.05 Å². The van der Waals surface area contributed by atoms with Gasteiger partial charge in [0.2, 0.25) is 0 Å². The molecule has 1 unspecified atom stereocenters. The predicted molar refractivity (Wildman–Crippen MR) is 65.9 cm³/mol. The lowest BCUT2D eigenvalue weighted by Crippen LogP contribution is -2.18. The summed E-state index contributed by atoms with van der Waals surface area (Å²) in [6.45, 7) is 0. The molecule has 16 heavy (non-hydrogen) atoms. The summed E-state index contributed by atoms with van der Waals surface area (Å²) in [6.07, 6.45) is 7.52. The molecule has 0 bridgehead atoms. The zero-order valence-electron chi connectivity index (χ0n) is 9.26. The largest absolute Gasteiger partial charge is 0.313 e. The van der Waals surface area contributed by atoms with Crippen LogP contribution in [0.3, 0.4) is 0 Å². The third-order valence-electron chi connectivity index (χ3n) is 2.51. The van der Waals surface area contributed by atoms with Crippen molar-refractivity contribution in [3.8, 4) is 12.3 Å². The van der Waals surface area contributed by atoms with Gasteiger partial charge in [0, 0.05) is 23.0 Å². The molecule has 0 saturated carbocycles. The number of nitrogens with one attached hydrogen (secondary N) is 1. The average Bonchev–Trinajstić information content (AvgIpc) is 2.26. The van der Waals surface area contributed by atoms with Gasteiger partial charge in [-0.05, 0) is 32.0 Å². The van der Waals surface area contributed by atoms with Crippen molar-refractivity contribution in [1.29, 1.82) is 0 Å². The van der Waals surface area contributed by atoms with Gasteiger partial charge in [0.1, 0.15) is 5.82 Å². The van der Waals surface area contributed by atoms with E-state index >= 15 is 0 Å². The second-order valence-corrected chi connectivity index (χ2v) is 3.98. The van der Waals surface area contributed by atoms with Crippen molar-refractivity contribution in [2.24, 2.45) is 0 Å². The maximum atomic E-state index is 13.6. The van der Waals surface area contributed by atoms with Crippen LogP contribution in [0, 0.1) is 18.2 Å². The van der Waals surface area contributed by atoms with E-state index in [0.29, 0.717) is 17.0 Å². The second kappa shape index (κ2) is 6.52. The van der Waals surface area contributed by atoms with Crippen molar-refractivity contribution in [2.45, 2.75) is 25.3 Å². The Morgan fingerprint density at radius 3 is 2.88 bits per heavy atom. The zero-order valence-corrected chi connectivity index (χ0v) is 10.0. The van der Waals surface area contributed by atoms with Crippen LogP contribution in [0.15, 0.2) is 18.2 Å². The summed E-state index contributed by atoms with van der Waals surface area (Å²) in [4.78, 5) is 0. The third-order valence-corrected chi connectivity index (χ3v) is 2.84. The molecule has 1 rings (SSSR count). The molecule has 0 aromatic heterocycles. The molecule has 0 heterocycles. The van der Waals surface area contributed by atoms with E-state index < -0.39 is 0 Å². The lowest BCUT2D eigenvalue weighted by Gasteiger charge is -2.18. The maximum absolute atomic E-state index is 13.6. The molecule has 1 atom stereocenters. The smallest absolute Gasteiger partial charge is 0.129 e. The van der Waals surface area contributed by atoms with E-state index in [-0.39, 0.29) is 11.9 Å². The van der Waals surface area contributed by atoms with Crippen molar-refractivity contribution in [1.82, 2.24) is 5.32 Å². The molecule has 86 valence electrons. The standard InChI is InChI=1S/C13H15ClFN/c1-3-4-5-9-12(16-2)13-10(14)7-6-8-11(13)15/h1,6-8,12,16H,4-5,9H2,2H3. The summed E-state index contributed by atoms with van der Waals surface area (Å²) in [5, 5.41) is 3.52. The highest BCUT2D eigenvalue weighted by Gasteiger charge is 2.16. The Balaban J connectivity index is 2.83. The number of rotatable bonds is 5. The minimum Gasteiger partial charge on any atom is -0.313 e. The molecule has 1 aromatic carbocycles. The highest BCUT2D eigenvalue weighted by Crippen LogP contribution is 2.28. The van der Waals surface area contributed by atoms with Crippen LogP contribution in [-0.2, 0) is 0 Å². The minimum absolute atomic E-state index is 0.0814. The molecule has 0 spiro atoms. The topological polar surface area (TPSA) is 12.0 Å². The fourth-order valence-electron chi connectivity index (χ4n) is 1.68. The van der Waals surface area contributed by atoms with Crippen LogP contribution in [0.1, 0.15) is 30.9 Å². The quantitative estimate of drug-likeness (QED) is 0.612. The Kier molecular flexibility index (Phi) is 5.31. The van der Waals surface area contributed by atoms with Crippen molar-refractivity contribution in [3.05, 3.63) is 34.6 Å². The Morgan fingerprint density at radius 2 is 2.31 bits per heavy atom. The molecule has 0 aliphatic carbocycles.